The van der Waals surface area contributed by atoms with Crippen LogP contribution in [0.5, 0.6) is 0 Å². The van der Waals surface area contributed by atoms with Crippen molar-refractivity contribution >= 4 is 6.98 Å². The SMILES string of the molecule is F[B-](F)(F)Cn1nnc(-c2ccco2)n1. The van der Waals surface area contributed by atoms with E-state index in [9.17, 15) is 12.9 Å². The molecule has 0 radical (unpaired) electrons. The van der Waals surface area contributed by atoms with E-state index in [4.69, 9.17) is 4.42 Å². The average molecular weight is 217 g/mol. The Morgan fingerprint density at radius 3 is 2.80 bits per heavy atom. The molecule has 0 spiro atoms. The van der Waals surface area contributed by atoms with Crippen LogP contribution in [0.4, 0.5) is 12.9 Å². The van der Waals surface area contributed by atoms with Gasteiger partial charge in [0.1, 0.15) is 0 Å². The summed E-state index contributed by atoms with van der Waals surface area (Å²) in [5.74, 6) is 0.330. The predicted molar refractivity (Wildman–Crippen MR) is 44.6 cm³/mol. The Kier molecular flexibility index (Phi) is 2.21. The second kappa shape index (κ2) is 3.41. The molecule has 2 aromatic rings. The minimum Gasteiger partial charge on any atom is -0.461 e. The summed E-state index contributed by atoms with van der Waals surface area (Å²) in [6, 6.07) is 3.13. The van der Waals surface area contributed by atoms with Gasteiger partial charge in [-0.2, -0.15) is 4.80 Å². The first kappa shape index (κ1) is 9.75. The number of nitrogens with zero attached hydrogens (tertiary/aromatic N) is 4. The molecule has 0 aliphatic rings. The van der Waals surface area contributed by atoms with E-state index in [-0.39, 0.29) is 11.6 Å². The number of furan rings is 1. The maximum absolute atomic E-state index is 12.0. The fourth-order valence-electron chi connectivity index (χ4n) is 1.01. The van der Waals surface area contributed by atoms with Gasteiger partial charge in [-0.05, 0) is 17.3 Å². The molecule has 0 amide bonds. The van der Waals surface area contributed by atoms with Crippen molar-refractivity contribution in [2.45, 2.75) is 6.44 Å². The van der Waals surface area contributed by atoms with Gasteiger partial charge in [-0.15, -0.1) is 10.2 Å². The molecule has 2 aromatic heterocycles. The van der Waals surface area contributed by atoms with Crippen LogP contribution in [0.15, 0.2) is 22.8 Å². The van der Waals surface area contributed by atoms with E-state index in [1.165, 1.54) is 6.26 Å². The minimum absolute atomic E-state index is 0.0417. The first-order chi connectivity index (χ1) is 7.04. The summed E-state index contributed by atoms with van der Waals surface area (Å²) in [4.78, 5) is 0.498. The predicted octanol–water partition coefficient (Wildman–Crippen LogP) is 1.32. The summed E-state index contributed by atoms with van der Waals surface area (Å²) in [6.45, 7) is -4.96. The molecule has 0 saturated carbocycles. The highest BCUT2D eigenvalue weighted by molar-refractivity contribution is 6.57. The third kappa shape index (κ3) is 2.36. The van der Waals surface area contributed by atoms with Crippen LogP contribution in [-0.4, -0.2) is 27.2 Å². The molecule has 0 N–H and O–H groups in total. The van der Waals surface area contributed by atoms with Gasteiger partial charge in [-0.3, -0.25) is 0 Å². The molecule has 2 heterocycles. The highest BCUT2D eigenvalue weighted by atomic mass is 19.4. The van der Waals surface area contributed by atoms with Crippen LogP contribution in [0, 0.1) is 0 Å². The zero-order chi connectivity index (χ0) is 10.9. The van der Waals surface area contributed by atoms with E-state index < -0.39 is 13.4 Å². The zero-order valence-electron chi connectivity index (χ0n) is 7.35. The largest absolute Gasteiger partial charge is 0.501 e. The van der Waals surface area contributed by atoms with Gasteiger partial charge in [-0.25, -0.2) is 0 Å². The number of aromatic nitrogens is 4. The van der Waals surface area contributed by atoms with Gasteiger partial charge < -0.3 is 17.4 Å². The van der Waals surface area contributed by atoms with E-state index in [2.05, 4.69) is 15.4 Å². The Morgan fingerprint density at radius 1 is 1.40 bits per heavy atom. The average Bonchev–Trinajstić information content (AvgIpc) is 2.68. The second-order valence-corrected chi connectivity index (χ2v) is 2.86. The van der Waals surface area contributed by atoms with Crippen molar-refractivity contribution in [1.29, 1.82) is 0 Å². The van der Waals surface area contributed by atoms with Gasteiger partial charge in [-0.1, -0.05) is 0 Å². The smallest absolute Gasteiger partial charge is 0.461 e. The first-order valence-corrected chi connectivity index (χ1v) is 4.07. The van der Waals surface area contributed by atoms with Gasteiger partial charge in [0.2, 0.25) is 5.82 Å². The van der Waals surface area contributed by atoms with Crippen LogP contribution in [0.3, 0.4) is 0 Å². The van der Waals surface area contributed by atoms with Crippen LogP contribution in [-0.2, 0) is 6.44 Å². The molecule has 5 nitrogen and oxygen atoms in total. The summed E-state index contributed by atoms with van der Waals surface area (Å²) in [7, 11) is 0. The van der Waals surface area contributed by atoms with E-state index in [0.29, 0.717) is 4.80 Å². The van der Waals surface area contributed by atoms with Crippen molar-refractivity contribution in [2.24, 2.45) is 0 Å². The highest BCUT2D eigenvalue weighted by Crippen LogP contribution is 2.14. The van der Waals surface area contributed by atoms with E-state index in [0.717, 1.165) is 0 Å². The van der Waals surface area contributed by atoms with Gasteiger partial charge in [0.15, 0.2) is 5.76 Å². The molecular formula is C6H5BF3N4O-. The van der Waals surface area contributed by atoms with Crippen LogP contribution in [0.2, 0.25) is 0 Å². The summed E-state index contributed by atoms with van der Waals surface area (Å²) in [6.07, 6.45) is 0.178. The Hall–Kier alpha value is -1.80. The van der Waals surface area contributed by atoms with Crippen molar-refractivity contribution in [1.82, 2.24) is 20.2 Å². The number of rotatable bonds is 3. The summed E-state index contributed by atoms with van der Waals surface area (Å²) in [5, 5.41) is 10.2. The third-order valence-electron chi connectivity index (χ3n) is 1.56. The van der Waals surface area contributed by atoms with Crippen molar-refractivity contribution in [3.8, 4) is 11.6 Å². The number of halogens is 3. The monoisotopic (exact) mass is 217 g/mol. The van der Waals surface area contributed by atoms with Gasteiger partial charge in [0, 0.05) is 6.44 Å². The fraction of sp³-hybridized carbons (Fsp3) is 0.167. The summed E-state index contributed by atoms with van der Waals surface area (Å²) >= 11 is 0. The fourth-order valence-corrected chi connectivity index (χ4v) is 1.01. The molecule has 0 aromatic carbocycles. The maximum atomic E-state index is 12.0. The minimum atomic E-state index is -4.96. The first-order valence-electron chi connectivity index (χ1n) is 4.07. The van der Waals surface area contributed by atoms with Crippen LogP contribution < -0.4 is 0 Å². The van der Waals surface area contributed by atoms with Crippen LogP contribution in [0.25, 0.3) is 11.6 Å². The Morgan fingerprint density at radius 2 is 2.20 bits per heavy atom. The van der Waals surface area contributed by atoms with E-state index in [1.807, 2.05) is 0 Å². The third-order valence-corrected chi connectivity index (χ3v) is 1.56. The maximum Gasteiger partial charge on any atom is 0.501 e. The normalized spacial score (nSPS) is 11.9. The van der Waals surface area contributed by atoms with Gasteiger partial charge in [0.05, 0.1) is 6.26 Å². The standard InChI is InChI=1S/C6H5BF3N4O/c8-7(9,10)4-14-12-6(11-13-14)5-2-1-3-15-5/h1-3H,4H2/q-1. The van der Waals surface area contributed by atoms with Crippen molar-refractivity contribution < 1.29 is 17.4 Å². The molecule has 2 rings (SSSR count). The summed E-state index contributed by atoms with van der Waals surface area (Å²) < 4.78 is 40.9. The number of hydrogen-bond acceptors (Lipinski definition) is 4. The van der Waals surface area contributed by atoms with Crippen LogP contribution >= 0.6 is 0 Å². The Balaban J connectivity index is 2.18. The van der Waals surface area contributed by atoms with Crippen molar-refractivity contribution in [3.63, 3.8) is 0 Å². The highest BCUT2D eigenvalue weighted by Gasteiger charge is 2.25. The molecule has 0 aliphatic carbocycles. The van der Waals surface area contributed by atoms with Crippen molar-refractivity contribution in [3.05, 3.63) is 18.4 Å². The molecule has 0 saturated heterocycles. The Labute approximate surface area is 81.9 Å². The summed E-state index contributed by atoms with van der Waals surface area (Å²) in [5.41, 5.74) is 0. The van der Waals surface area contributed by atoms with Gasteiger partial charge >= 0.3 is 6.98 Å². The van der Waals surface area contributed by atoms with E-state index in [1.54, 1.807) is 12.1 Å². The lowest BCUT2D eigenvalue weighted by molar-refractivity contribution is 0.418. The molecule has 80 valence electrons. The quantitative estimate of drug-likeness (QED) is 0.727. The van der Waals surface area contributed by atoms with Crippen LogP contribution in [0.1, 0.15) is 0 Å². The molecule has 0 aliphatic heterocycles. The van der Waals surface area contributed by atoms with Crippen molar-refractivity contribution in [2.75, 3.05) is 0 Å². The molecule has 9 heteroatoms. The lowest BCUT2D eigenvalue weighted by atomic mass is 9.93. The molecule has 15 heavy (non-hydrogen) atoms. The van der Waals surface area contributed by atoms with E-state index >= 15 is 0 Å². The molecule has 0 fully saturated rings. The number of tetrazole rings is 1. The molecule has 0 unspecified atom stereocenters. The second-order valence-electron chi connectivity index (χ2n) is 2.86. The molecular weight excluding hydrogens is 212 g/mol. The molecule has 0 bridgehead atoms. The zero-order valence-corrected chi connectivity index (χ0v) is 7.35. The lowest BCUT2D eigenvalue weighted by Crippen LogP contribution is -2.25. The molecule has 0 atom stereocenters. The topological polar surface area (TPSA) is 56.7 Å². The Bertz CT molecular complexity index is 437. The lowest BCUT2D eigenvalue weighted by Gasteiger charge is -2.10. The number of hydrogen-bond donors (Lipinski definition) is 0. The van der Waals surface area contributed by atoms with Gasteiger partial charge in [0.25, 0.3) is 0 Å².